The summed E-state index contributed by atoms with van der Waals surface area (Å²) in [6.45, 7) is 5.16. The van der Waals surface area contributed by atoms with E-state index in [0.717, 1.165) is 25.1 Å². The number of benzene rings is 1. The molecular weight excluding hydrogens is 255 g/mol. The molecular formula is C16H23FN2O. The SMILES string of the molecule is CC[C@H](CNC(=O)Cc1ccc(F)cc1)N1CCCC1. The van der Waals surface area contributed by atoms with Crippen LogP contribution in [0.2, 0.25) is 0 Å². The molecule has 1 aliphatic heterocycles. The van der Waals surface area contributed by atoms with Crippen LogP contribution in [0.5, 0.6) is 0 Å². The second-order valence-electron chi connectivity index (χ2n) is 5.41. The molecule has 0 aliphatic carbocycles. The van der Waals surface area contributed by atoms with Crippen LogP contribution >= 0.6 is 0 Å². The summed E-state index contributed by atoms with van der Waals surface area (Å²) in [4.78, 5) is 14.4. The second kappa shape index (κ2) is 7.39. The van der Waals surface area contributed by atoms with Gasteiger partial charge in [-0.1, -0.05) is 19.1 Å². The number of amides is 1. The maximum Gasteiger partial charge on any atom is 0.224 e. The molecule has 0 unspecified atom stereocenters. The van der Waals surface area contributed by atoms with Crippen LogP contribution in [0.25, 0.3) is 0 Å². The predicted molar refractivity (Wildman–Crippen MR) is 78.0 cm³/mol. The Bertz CT molecular complexity index is 427. The number of likely N-dealkylation sites (tertiary alicyclic amines) is 1. The molecule has 0 saturated carbocycles. The van der Waals surface area contributed by atoms with Crippen molar-refractivity contribution in [3.63, 3.8) is 0 Å². The van der Waals surface area contributed by atoms with Crippen LogP contribution in [0, 0.1) is 5.82 Å². The first kappa shape index (κ1) is 15.0. The predicted octanol–water partition coefficient (Wildman–Crippen LogP) is 2.36. The third-order valence-corrected chi connectivity index (χ3v) is 3.94. The van der Waals surface area contributed by atoms with E-state index in [4.69, 9.17) is 0 Å². The van der Waals surface area contributed by atoms with Gasteiger partial charge in [0.15, 0.2) is 0 Å². The number of halogens is 1. The smallest absolute Gasteiger partial charge is 0.224 e. The van der Waals surface area contributed by atoms with Gasteiger partial charge >= 0.3 is 0 Å². The molecule has 1 saturated heterocycles. The van der Waals surface area contributed by atoms with Crippen molar-refractivity contribution in [3.05, 3.63) is 35.6 Å². The molecule has 2 rings (SSSR count). The minimum Gasteiger partial charge on any atom is -0.354 e. The van der Waals surface area contributed by atoms with Gasteiger partial charge in [-0.15, -0.1) is 0 Å². The van der Waals surface area contributed by atoms with E-state index in [1.54, 1.807) is 12.1 Å². The van der Waals surface area contributed by atoms with Crippen molar-refractivity contribution in [3.8, 4) is 0 Å². The van der Waals surface area contributed by atoms with Gasteiger partial charge < -0.3 is 5.32 Å². The number of carbonyl (C=O) groups is 1. The van der Waals surface area contributed by atoms with Crippen LogP contribution in [0.15, 0.2) is 24.3 Å². The molecule has 0 radical (unpaired) electrons. The normalized spacial score (nSPS) is 17.1. The van der Waals surface area contributed by atoms with Crippen LogP contribution in [0.4, 0.5) is 4.39 Å². The number of hydrogen-bond donors (Lipinski definition) is 1. The first-order chi connectivity index (χ1) is 9.69. The van der Waals surface area contributed by atoms with E-state index in [2.05, 4.69) is 17.1 Å². The van der Waals surface area contributed by atoms with Crippen molar-refractivity contribution in [2.75, 3.05) is 19.6 Å². The molecule has 1 aromatic carbocycles. The highest BCUT2D eigenvalue weighted by Crippen LogP contribution is 2.13. The van der Waals surface area contributed by atoms with Crippen LogP contribution < -0.4 is 5.32 Å². The van der Waals surface area contributed by atoms with E-state index >= 15 is 0 Å². The highest BCUT2D eigenvalue weighted by Gasteiger charge is 2.20. The van der Waals surface area contributed by atoms with Crippen molar-refractivity contribution >= 4 is 5.91 Å². The monoisotopic (exact) mass is 278 g/mol. The lowest BCUT2D eigenvalue weighted by Crippen LogP contribution is -2.42. The first-order valence-electron chi connectivity index (χ1n) is 7.44. The summed E-state index contributed by atoms with van der Waals surface area (Å²) in [6.07, 6.45) is 3.90. The fourth-order valence-corrected chi connectivity index (χ4v) is 2.72. The Labute approximate surface area is 120 Å². The van der Waals surface area contributed by atoms with E-state index in [-0.39, 0.29) is 11.7 Å². The van der Waals surface area contributed by atoms with Gasteiger partial charge in [-0.05, 0) is 50.0 Å². The van der Waals surface area contributed by atoms with Gasteiger partial charge in [0.2, 0.25) is 5.91 Å². The van der Waals surface area contributed by atoms with Gasteiger partial charge in [-0.3, -0.25) is 9.69 Å². The van der Waals surface area contributed by atoms with Gasteiger partial charge in [0.05, 0.1) is 6.42 Å². The summed E-state index contributed by atoms with van der Waals surface area (Å²) in [5.74, 6) is -0.261. The summed E-state index contributed by atoms with van der Waals surface area (Å²) in [7, 11) is 0. The lowest BCUT2D eigenvalue weighted by Gasteiger charge is -2.26. The summed E-state index contributed by atoms with van der Waals surface area (Å²) >= 11 is 0. The van der Waals surface area contributed by atoms with Gasteiger partial charge in [0.25, 0.3) is 0 Å². The number of hydrogen-bond acceptors (Lipinski definition) is 2. The van der Waals surface area contributed by atoms with E-state index in [0.29, 0.717) is 19.0 Å². The van der Waals surface area contributed by atoms with Crippen molar-refractivity contribution in [1.29, 1.82) is 0 Å². The van der Waals surface area contributed by atoms with E-state index in [1.165, 1.54) is 25.0 Å². The Balaban J connectivity index is 1.77. The molecule has 0 bridgehead atoms. The number of carbonyl (C=O) groups excluding carboxylic acids is 1. The highest BCUT2D eigenvalue weighted by molar-refractivity contribution is 5.78. The van der Waals surface area contributed by atoms with Crippen molar-refractivity contribution in [2.45, 2.75) is 38.6 Å². The molecule has 1 heterocycles. The summed E-state index contributed by atoms with van der Waals surface area (Å²) in [6, 6.07) is 6.54. The Kier molecular flexibility index (Phi) is 5.53. The lowest BCUT2D eigenvalue weighted by atomic mass is 10.1. The molecule has 3 nitrogen and oxygen atoms in total. The average Bonchev–Trinajstić information content (AvgIpc) is 2.96. The van der Waals surface area contributed by atoms with Gasteiger partial charge in [-0.2, -0.15) is 0 Å². The molecule has 20 heavy (non-hydrogen) atoms. The van der Waals surface area contributed by atoms with Gasteiger partial charge in [0, 0.05) is 12.6 Å². The molecule has 1 aromatic rings. The fraction of sp³-hybridized carbons (Fsp3) is 0.562. The van der Waals surface area contributed by atoms with Crippen LogP contribution in [0.3, 0.4) is 0 Å². The standard InChI is InChI=1S/C16H23FN2O/c1-2-15(19-9-3-4-10-19)12-18-16(20)11-13-5-7-14(17)8-6-13/h5-8,15H,2-4,9-12H2,1H3,(H,18,20)/t15-/m1/s1. The summed E-state index contributed by atoms with van der Waals surface area (Å²) in [5.41, 5.74) is 0.845. The quantitative estimate of drug-likeness (QED) is 0.866. The Morgan fingerprint density at radius 3 is 2.55 bits per heavy atom. The topological polar surface area (TPSA) is 32.3 Å². The number of rotatable bonds is 6. The first-order valence-corrected chi connectivity index (χ1v) is 7.44. The third kappa shape index (κ3) is 4.30. The molecule has 1 fully saturated rings. The minimum atomic E-state index is -0.269. The molecule has 1 N–H and O–H groups in total. The maximum atomic E-state index is 12.8. The molecule has 110 valence electrons. The Morgan fingerprint density at radius 1 is 1.30 bits per heavy atom. The van der Waals surface area contributed by atoms with E-state index < -0.39 is 0 Å². The van der Waals surface area contributed by atoms with Gasteiger partial charge in [0.1, 0.15) is 5.82 Å². The Hall–Kier alpha value is -1.42. The van der Waals surface area contributed by atoms with E-state index in [9.17, 15) is 9.18 Å². The summed E-state index contributed by atoms with van der Waals surface area (Å²) < 4.78 is 12.8. The maximum absolute atomic E-state index is 12.8. The zero-order valence-corrected chi connectivity index (χ0v) is 12.1. The van der Waals surface area contributed by atoms with Crippen molar-refractivity contribution in [1.82, 2.24) is 10.2 Å². The van der Waals surface area contributed by atoms with Crippen molar-refractivity contribution < 1.29 is 9.18 Å². The number of nitrogens with zero attached hydrogens (tertiary/aromatic N) is 1. The van der Waals surface area contributed by atoms with Crippen molar-refractivity contribution in [2.24, 2.45) is 0 Å². The molecule has 1 amide bonds. The molecule has 0 spiro atoms. The molecule has 1 aliphatic rings. The van der Waals surface area contributed by atoms with Crippen LogP contribution in [0.1, 0.15) is 31.7 Å². The third-order valence-electron chi connectivity index (χ3n) is 3.94. The fourth-order valence-electron chi connectivity index (χ4n) is 2.72. The van der Waals surface area contributed by atoms with Crippen LogP contribution in [-0.2, 0) is 11.2 Å². The van der Waals surface area contributed by atoms with Gasteiger partial charge in [-0.25, -0.2) is 4.39 Å². The van der Waals surface area contributed by atoms with Crippen LogP contribution in [-0.4, -0.2) is 36.5 Å². The number of nitrogens with one attached hydrogen (secondary N) is 1. The zero-order valence-electron chi connectivity index (χ0n) is 12.1. The highest BCUT2D eigenvalue weighted by atomic mass is 19.1. The Morgan fingerprint density at radius 2 is 1.95 bits per heavy atom. The minimum absolute atomic E-state index is 0.00857. The largest absolute Gasteiger partial charge is 0.354 e. The lowest BCUT2D eigenvalue weighted by molar-refractivity contribution is -0.120. The molecule has 1 atom stereocenters. The molecule has 4 heteroatoms. The second-order valence-corrected chi connectivity index (χ2v) is 5.41. The zero-order chi connectivity index (χ0) is 14.4. The van der Waals surface area contributed by atoms with E-state index in [1.807, 2.05) is 0 Å². The summed E-state index contributed by atoms with van der Waals surface area (Å²) in [5, 5.41) is 3.00. The molecule has 0 aromatic heterocycles. The average molecular weight is 278 g/mol.